The largest absolute Gasteiger partial charge is 0.466 e. The van der Waals surface area contributed by atoms with Crippen molar-refractivity contribution >= 4 is 35.9 Å². The minimum Gasteiger partial charge on any atom is -0.466 e. The first-order valence-electron chi connectivity index (χ1n) is 10.9. The van der Waals surface area contributed by atoms with Gasteiger partial charge >= 0.3 is 5.97 Å². The number of aliphatic imine (C=N–C) groups is 1. The van der Waals surface area contributed by atoms with Crippen LogP contribution in [0.2, 0.25) is 0 Å². The molecule has 0 bridgehead atoms. The molecule has 0 saturated carbocycles. The SMILES string of the molecule is CCNC(=NCCc1nccn1Cc1ccccc1)N1CCCC(C(=O)OCC)C1.I. The fourth-order valence-electron chi connectivity index (χ4n) is 3.80. The van der Waals surface area contributed by atoms with Gasteiger partial charge in [-0.05, 0) is 32.3 Å². The second-order valence-electron chi connectivity index (χ2n) is 7.48. The lowest BCUT2D eigenvalue weighted by atomic mass is 9.98. The molecule has 2 heterocycles. The molecule has 31 heavy (non-hydrogen) atoms. The number of likely N-dealkylation sites (tertiary alicyclic amines) is 1. The first-order chi connectivity index (χ1) is 14.7. The van der Waals surface area contributed by atoms with E-state index in [0.717, 1.165) is 50.7 Å². The summed E-state index contributed by atoms with van der Waals surface area (Å²) in [5.74, 6) is 1.72. The summed E-state index contributed by atoms with van der Waals surface area (Å²) in [5, 5.41) is 3.37. The smallest absolute Gasteiger partial charge is 0.310 e. The maximum absolute atomic E-state index is 12.2. The Labute approximate surface area is 202 Å². The Kier molecular flexibility index (Phi) is 10.8. The molecule has 8 heteroatoms. The molecule has 1 fully saturated rings. The van der Waals surface area contributed by atoms with Gasteiger partial charge in [-0.15, -0.1) is 24.0 Å². The maximum Gasteiger partial charge on any atom is 0.310 e. The van der Waals surface area contributed by atoms with Crippen molar-refractivity contribution in [3.63, 3.8) is 0 Å². The van der Waals surface area contributed by atoms with Crippen LogP contribution in [0.1, 0.15) is 38.1 Å². The van der Waals surface area contributed by atoms with Gasteiger partial charge in [0.25, 0.3) is 0 Å². The molecule has 1 aromatic heterocycles. The van der Waals surface area contributed by atoms with Crippen LogP contribution in [-0.4, -0.2) is 59.2 Å². The van der Waals surface area contributed by atoms with Crippen LogP contribution >= 0.6 is 24.0 Å². The van der Waals surface area contributed by atoms with E-state index < -0.39 is 0 Å². The summed E-state index contributed by atoms with van der Waals surface area (Å²) in [6, 6.07) is 10.4. The van der Waals surface area contributed by atoms with Gasteiger partial charge in [-0.3, -0.25) is 9.79 Å². The average Bonchev–Trinajstić information content (AvgIpc) is 3.21. The Hall–Kier alpha value is -2.10. The zero-order valence-corrected chi connectivity index (χ0v) is 20.8. The lowest BCUT2D eigenvalue weighted by Gasteiger charge is -2.34. The highest BCUT2D eigenvalue weighted by atomic mass is 127. The maximum atomic E-state index is 12.2. The Bertz CT molecular complexity index is 824. The van der Waals surface area contributed by atoms with E-state index in [0.29, 0.717) is 19.7 Å². The minimum absolute atomic E-state index is 0. The number of rotatable bonds is 8. The summed E-state index contributed by atoms with van der Waals surface area (Å²) < 4.78 is 7.40. The van der Waals surface area contributed by atoms with E-state index in [9.17, 15) is 4.79 Å². The Morgan fingerprint density at radius 3 is 2.84 bits per heavy atom. The van der Waals surface area contributed by atoms with Gasteiger partial charge in [-0.25, -0.2) is 4.98 Å². The molecule has 0 aliphatic carbocycles. The second-order valence-corrected chi connectivity index (χ2v) is 7.48. The normalized spacial score (nSPS) is 16.5. The second kappa shape index (κ2) is 13.3. The number of carbonyl (C=O) groups excluding carboxylic acids is 1. The standard InChI is InChI=1S/C23H33N5O2.HI/c1-3-24-23(28-15-8-11-20(18-28)22(29)30-4-2)26-13-12-21-25-14-16-27(21)17-19-9-6-5-7-10-19;/h5-7,9-10,14,16,20H,3-4,8,11-13,15,17-18H2,1-2H3,(H,24,26);1H. The Balaban J connectivity index is 0.00000341. The summed E-state index contributed by atoms with van der Waals surface area (Å²) in [4.78, 5) is 23.7. The van der Waals surface area contributed by atoms with E-state index in [1.165, 1.54) is 5.56 Å². The molecule has 0 amide bonds. The van der Waals surface area contributed by atoms with Gasteiger partial charge in [0.15, 0.2) is 5.96 Å². The predicted molar refractivity (Wildman–Crippen MR) is 134 cm³/mol. The van der Waals surface area contributed by atoms with Crippen LogP contribution in [0, 0.1) is 5.92 Å². The van der Waals surface area contributed by atoms with Crippen LogP contribution in [0.3, 0.4) is 0 Å². The monoisotopic (exact) mass is 539 g/mol. The van der Waals surface area contributed by atoms with Gasteiger partial charge in [0.05, 0.1) is 12.5 Å². The molecule has 0 radical (unpaired) electrons. The van der Waals surface area contributed by atoms with Gasteiger partial charge in [0.1, 0.15) is 5.82 Å². The van der Waals surface area contributed by atoms with Crippen molar-refractivity contribution in [2.45, 2.75) is 39.7 Å². The van der Waals surface area contributed by atoms with Crippen molar-refractivity contribution in [3.8, 4) is 0 Å². The highest BCUT2D eigenvalue weighted by Crippen LogP contribution is 2.18. The number of benzene rings is 1. The third-order valence-corrected chi connectivity index (χ3v) is 5.27. The molecule has 1 saturated heterocycles. The van der Waals surface area contributed by atoms with Crippen molar-refractivity contribution < 1.29 is 9.53 Å². The molecule has 170 valence electrons. The van der Waals surface area contributed by atoms with Gasteiger partial charge < -0.3 is 19.5 Å². The molecular weight excluding hydrogens is 505 g/mol. The first kappa shape index (κ1) is 25.2. The number of hydrogen-bond acceptors (Lipinski definition) is 4. The average molecular weight is 539 g/mol. The first-order valence-corrected chi connectivity index (χ1v) is 10.9. The molecule has 7 nitrogen and oxygen atoms in total. The summed E-state index contributed by atoms with van der Waals surface area (Å²) in [5.41, 5.74) is 1.26. The Morgan fingerprint density at radius 1 is 1.29 bits per heavy atom. The van der Waals surface area contributed by atoms with Crippen molar-refractivity contribution in [1.29, 1.82) is 0 Å². The fourth-order valence-corrected chi connectivity index (χ4v) is 3.80. The number of guanidine groups is 1. The number of esters is 1. The van der Waals surface area contributed by atoms with Crippen LogP contribution < -0.4 is 5.32 Å². The molecule has 3 rings (SSSR count). The number of hydrogen-bond donors (Lipinski definition) is 1. The summed E-state index contributed by atoms with van der Waals surface area (Å²) in [7, 11) is 0. The quantitative estimate of drug-likeness (QED) is 0.241. The molecule has 1 aliphatic rings. The van der Waals surface area contributed by atoms with E-state index in [1.807, 2.05) is 25.4 Å². The van der Waals surface area contributed by atoms with Crippen LogP contribution in [0.25, 0.3) is 0 Å². The van der Waals surface area contributed by atoms with Crippen molar-refractivity contribution in [1.82, 2.24) is 19.8 Å². The lowest BCUT2D eigenvalue weighted by molar-refractivity contribution is -0.149. The zero-order chi connectivity index (χ0) is 21.2. The Morgan fingerprint density at radius 2 is 2.10 bits per heavy atom. The van der Waals surface area contributed by atoms with Gasteiger partial charge in [0, 0.05) is 51.5 Å². The number of nitrogens with zero attached hydrogens (tertiary/aromatic N) is 4. The van der Waals surface area contributed by atoms with Crippen LogP contribution in [0.5, 0.6) is 0 Å². The van der Waals surface area contributed by atoms with Crippen LogP contribution in [0.4, 0.5) is 0 Å². The van der Waals surface area contributed by atoms with E-state index >= 15 is 0 Å². The molecule has 0 spiro atoms. The van der Waals surface area contributed by atoms with Crippen LogP contribution in [-0.2, 0) is 22.5 Å². The van der Waals surface area contributed by atoms with E-state index in [1.54, 1.807) is 0 Å². The van der Waals surface area contributed by atoms with Crippen LogP contribution in [0.15, 0.2) is 47.7 Å². The fraction of sp³-hybridized carbons (Fsp3) is 0.522. The number of halogens is 1. The lowest BCUT2D eigenvalue weighted by Crippen LogP contribution is -2.48. The zero-order valence-electron chi connectivity index (χ0n) is 18.5. The third kappa shape index (κ3) is 7.52. The molecular formula is C23H34IN5O2. The van der Waals surface area contributed by atoms with Crippen molar-refractivity contribution in [2.24, 2.45) is 10.9 Å². The highest BCUT2D eigenvalue weighted by Gasteiger charge is 2.28. The van der Waals surface area contributed by atoms with E-state index in [2.05, 4.69) is 51.0 Å². The molecule has 1 aliphatic heterocycles. The summed E-state index contributed by atoms with van der Waals surface area (Å²) >= 11 is 0. The summed E-state index contributed by atoms with van der Waals surface area (Å²) in [6.07, 6.45) is 6.48. The third-order valence-electron chi connectivity index (χ3n) is 5.27. The molecule has 1 aromatic carbocycles. The number of ether oxygens (including phenoxy) is 1. The molecule has 1 N–H and O–H groups in total. The number of nitrogens with one attached hydrogen (secondary N) is 1. The summed E-state index contributed by atoms with van der Waals surface area (Å²) in [6.45, 7) is 8.17. The number of aromatic nitrogens is 2. The molecule has 1 unspecified atom stereocenters. The van der Waals surface area contributed by atoms with Crippen molar-refractivity contribution in [3.05, 3.63) is 54.1 Å². The highest BCUT2D eigenvalue weighted by molar-refractivity contribution is 14.0. The minimum atomic E-state index is -0.0963. The number of carbonyl (C=O) groups is 1. The number of imidazole rings is 1. The van der Waals surface area contributed by atoms with E-state index in [-0.39, 0.29) is 35.9 Å². The van der Waals surface area contributed by atoms with Gasteiger partial charge in [-0.2, -0.15) is 0 Å². The topological polar surface area (TPSA) is 71.8 Å². The van der Waals surface area contributed by atoms with Crippen molar-refractivity contribution in [2.75, 3.05) is 32.8 Å². The number of piperidine rings is 1. The predicted octanol–water partition coefficient (Wildman–Crippen LogP) is 3.33. The van der Waals surface area contributed by atoms with E-state index in [4.69, 9.17) is 9.73 Å². The van der Waals surface area contributed by atoms with Gasteiger partial charge in [-0.1, -0.05) is 30.3 Å². The molecule has 1 atom stereocenters. The molecule has 2 aromatic rings. The van der Waals surface area contributed by atoms with Gasteiger partial charge in [0.2, 0.25) is 0 Å².